The summed E-state index contributed by atoms with van der Waals surface area (Å²) >= 11 is 11.7. The van der Waals surface area contributed by atoms with Gasteiger partial charge in [0.2, 0.25) is 11.8 Å². The van der Waals surface area contributed by atoms with Gasteiger partial charge in [0.05, 0.1) is 17.1 Å². The lowest BCUT2D eigenvalue weighted by Crippen LogP contribution is -2.30. The van der Waals surface area contributed by atoms with Gasteiger partial charge in [-0.1, -0.05) is 23.2 Å². The van der Waals surface area contributed by atoms with Crippen molar-refractivity contribution in [3.63, 3.8) is 0 Å². The first-order valence-electron chi connectivity index (χ1n) is 4.61. The van der Waals surface area contributed by atoms with Crippen LogP contribution in [0.3, 0.4) is 0 Å². The number of benzene rings is 1. The van der Waals surface area contributed by atoms with Gasteiger partial charge in [0, 0.05) is 5.02 Å². The van der Waals surface area contributed by atoms with Crippen molar-refractivity contribution in [2.24, 2.45) is 0 Å². The molecule has 1 aliphatic heterocycles. The summed E-state index contributed by atoms with van der Waals surface area (Å²) in [5, 5.41) is 6.03. The highest BCUT2D eigenvalue weighted by atomic mass is 35.5. The molecule has 1 aromatic rings. The third kappa shape index (κ3) is 2.28. The van der Waals surface area contributed by atoms with Crippen molar-refractivity contribution in [2.45, 2.75) is 12.5 Å². The fourth-order valence-corrected chi connectivity index (χ4v) is 1.93. The molecule has 0 radical (unpaired) electrons. The number of hydrogen-bond acceptors (Lipinski definition) is 3. The van der Waals surface area contributed by atoms with Gasteiger partial charge >= 0.3 is 0 Å². The number of hydrogen-bond donors (Lipinski definition) is 2. The van der Waals surface area contributed by atoms with Gasteiger partial charge in [-0.2, -0.15) is 0 Å². The Labute approximate surface area is 102 Å². The third-order valence-corrected chi connectivity index (χ3v) is 2.78. The van der Waals surface area contributed by atoms with E-state index >= 15 is 0 Å². The minimum Gasteiger partial charge on any atom is -0.372 e. The van der Waals surface area contributed by atoms with E-state index in [0.29, 0.717) is 15.7 Å². The molecule has 1 aromatic carbocycles. The fourth-order valence-electron chi connectivity index (χ4n) is 1.46. The molecule has 1 heterocycles. The molecule has 84 valence electrons. The van der Waals surface area contributed by atoms with E-state index in [2.05, 4.69) is 10.6 Å². The first kappa shape index (κ1) is 11.2. The molecule has 1 atom stereocenters. The maximum atomic E-state index is 11.3. The summed E-state index contributed by atoms with van der Waals surface area (Å²) in [4.78, 5) is 22.3. The molecule has 4 nitrogen and oxygen atoms in total. The summed E-state index contributed by atoms with van der Waals surface area (Å²) in [6.45, 7) is 0. The molecule has 6 heteroatoms. The molecule has 0 spiro atoms. The van der Waals surface area contributed by atoms with Crippen LogP contribution in [0.4, 0.5) is 5.69 Å². The summed E-state index contributed by atoms with van der Waals surface area (Å²) in [7, 11) is 0. The zero-order valence-corrected chi connectivity index (χ0v) is 9.60. The number of rotatable bonds is 2. The third-order valence-electron chi connectivity index (χ3n) is 2.23. The molecule has 0 saturated carbocycles. The molecule has 0 bridgehead atoms. The van der Waals surface area contributed by atoms with Gasteiger partial charge in [-0.05, 0) is 18.2 Å². The van der Waals surface area contributed by atoms with E-state index in [9.17, 15) is 9.59 Å². The van der Waals surface area contributed by atoms with Crippen molar-refractivity contribution in [1.29, 1.82) is 0 Å². The Kier molecular flexibility index (Phi) is 3.03. The fraction of sp³-hybridized carbons (Fsp3) is 0.200. The van der Waals surface area contributed by atoms with Gasteiger partial charge < -0.3 is 5.32 Å². The number of halogens is 2. The highest BCUT2D eigenvalue weighted by Crippen LogP contribution is 2.26. The number of carbonyl (C=O) groups excluding carboxylic acids is 2. The van der Waals surface area contributed by atoms with Crippen molar-refractivity contribution < 1.29 is 9.59 Å². The average molecular weight is 259 g/mol. The van der Waals surface area contributed by atoms with Crippen LogP contribution in [0.25, 0.3) is 0 Å². The lowest BCUT2D eigenvalue weighted by molar-refractivity contribution is -0.124. The standard InChI is InChI=1S/C10H8Cl2N2O2/c11-5-1-2-7(6(12)3-5)13-8-4-9(15)14-10(8)16/h1-3,8,13H,4H2,(H,14,15,16). The Morgan fingerprint density at radius 3 is 2.62 bits per heavy atom. The van der Waals surface area contributed by atoms with Crippen LogP contribution in [0.15, 0.2) is 18.2 Å². The Morgan fingerprint density at radius 2 is 2.06 bits per heavy atom. The van der Waals surface area contributed by atoms with E-state index in [4.69, 9.17) is 23.2 Å². The predicted octanol–water partition coefficient (Wildman–Crippen LogP) is 1.82. The molecule has 1 saturated heterocycles. The largest absolute Gasteiger partial charge is 0.372 e. The van der Waals surface area contributed by atoms with Gasteiger partial charge in [-0.15, -0.1) is 0 Å². The van der Waals surface area contributed by atoms with Crippen LogP contribution in [-0.2, 0) is 9.59 Å². The Balaban J connectivity index is 2.15. The van der Waals surface area contributed by atoms with Crippen LogP contribution < -0.4 is 10.6 Å². The Hall–Kier alpha value is -1.26. The maximum absolute atomic E-state index is 11.3. The van der Waals surface area contributed by atoms with E-state index in [-0.39, 0.29) is 18.2 Å². The maximum Gasteiger partial charge on any atom is 0.249 e. The zero-order chi connectivity index (χ0) is 11.7. The van der Waals surface area contributed by atoms with Crippen LogP contribution in [0.1, 0.15) is 6.42 Å². The van der Waals surface area contributed by atoms with Crippen molar-refractivity contribution in [1.82, 2.24) is 5.32 Å². The summed E-state index contributed by atoms with van der Waals surface area (Å²) < 4.78 is 0. The molecule has 1 unspecified atom stereocenters. The van der Waals surface area contributed by atoms with Crippen LogP contribution in [0.2, 0.25) is 10.0 Å². The van der Waals surface area contributed by atoms with Gasteiger partial charge in [0.15, 0.2) is 0 Å². The second-order valence-electron chi connectivity index (χ2n) is 3.44. The van der Waals surface area contributed by atoms with Crippen molar-refractivity contribution in [3.8, 4) is 0 Å². The SMILES string of the molecule is O=C1CC(Nc2ccc(Cl)cc2Cl)C(=O)N1. The van der Waals surface area contributed by atoms with E-state index in [1.807, 2.05) is 0 Å². The Bertz CT molecular complexity index is 462. The van der Waals surface area contributed by atoms with Crippen molar-refractivity contribution in [3.05, 3.63) is 28.2 Å². The molecule has 0 aromatic heterocycles. The number of amides is 2. The number of anilines is 1. The highest BCUT2D eigenvalue weighted by molar-refractivity contribution is 6.36. The normalized spacial score (nSPS) is 19.8. The molecular weight excluding hydrogens is 251 g/mol. The minimum absolute atomic E-state index is 0.123. The Morgan fingerprint density at radius 1 is 1.31 bits per heavy atom. The molecule has 2 rings (SSSR count). The second-order valence-corrected chi connectivity index (χ2v) is 4.28. The summed E-state index contributed by atoms with van der Waals surface area (Å²) in [6, 6.07) is 4.33. The molecule has 1 aliphatic rings. The van der Waals surface area contributed by atoms with E-state index in [1.165, 1.54) is 0 Å². The summed E-state index contributed by atoms with van der Waals surface area (Å²) in [5.41, 5.74) is 0.584. The molecule has 1 fully saturated rings. The van der Waals surface area contributed by atoms with E-state index in [0.717, 1.165) is 0 Å². The number of imide groups is 1. The smallest absolute Gasteiger partial charge is 0.249 e. The molecule has 2 N–H and O–H groups in total. The van der Waals surface area contributed by atoms with E-state index in [1.54, 1.807) is 18.2 Å². The van der Waals surface area contributed by atoms with Crippen LogP contribution >= 0.6 is 23.2 Å². The van der Waals surface area contributed by atoms with Gasteiger partial charge in [0.25, 0.3) is 0 Å². The van der Waals surface area contributed by atoms with Gasteiger partial charge in [0.1, 0.15) is 6.04 Å². The van der Waals surface area contributed by atoms with E-state index < -0.39 is 6.04 Å². The molecular formula is C10H8Cl2N2O2. The topological polar surface area (TPSA) is 58.2 Å². The number of carbonyl (C=O) groups is 2. The lowest BCUT2D eigenvalue weighted by Gasteiger charge is -2.12. The van der Waals surface area contributed by atoms with Crippen LogP contribution in [0.5, 0.6) is 0 Å². The summed E-state index contributed by atoms with van der Waals surface area (Å²) in [5.74, 6) is -0.622. The zero-order valence-electron chi connectivity index (χ0n) is 8.09. The van der Waals surface area contributed by atoms with Crippen LogP contribution in [-0.4, -0.2) is 17.9 Å². The van der Waals surface area contributed by atoms with Crippen molar-refractivity contribution >= 4 is 40.7 Å². The summed E-state index contributed by atoms with van der Waals surface area (Å²) in [6.07, 6.45) is 0.123. The number of nitrogens with one attached hydrogen (secondary N) is 2. The molecule has 2 amide bonds. The molecule has 0 aliphatic carbocycles. The van der Waals surface area contributed by atoms with Crippen molar-refractivity contribution in [2.75, 3.05) is 5.32 Å². The minimum atomic E-state index is -0.564. The lowest BCUT2D eigenvalue weighted by atomic mass is 10.2. The predicted molar refractivity (Wildman–Crippen MR) is 61.6 cm³/mol. The van der Waals surface area contributed by atoms with Crippen LogP contribution in [0, 0.1) is 0 Å². The molecule has 16 heavy (non-hydrogen) atoms. The monoisotopic (exact) mass is 258 g/mol. The second kappa shape index (κ2) is 4.31. The first-order valence-corrected chi connectivity index (χ1v) is 5.37. The highest BCUT2D eigenvalue weighted by Gasteiger charge is 2.30. The van der Waals surface area contributed by atoms with Gasteiger partial charge in [-0.25, -0.2) is 0 Å². The average Bonchev–Trinajstić information content (AvgIpc) is 2.50. The quantitative estimate of drug-likeness (QED) is 0.796. The first-order chi connectivity index (χ1) is 7.56. The van der Waals surface area contributed by atoms with Gasteiger partial charge in [-0.3, -0.25) is 14.9 Å².